The Morgan fingerprint density at radius 1 is 1.19 bits per heavy atom. The molecule has 2 N–H and O–H groups in total. The molecular weight excluding hydrogens is 587 g/mol. The standard InChI is InChI=1S/C16H20I2NO6P/c1-4-22-16(20)12-14(26(21,23-5-2)24-6-3)10-7-9(17)8-11(18)13(10)25-15(12)19/h7-8,14H,4-6,19H2,1-3H3. The van der Waals surface area contributed by atoms with Crippen molar-refractivity contribution < 1.29 is 27.9 Å². The zero-order valence-electron chi connectivity index (χ0n) is 14.6. The summed E-state index contributed by atoms with van der Waals surface area (Å²) in [5.74, 6) is -0.407. The van der Waals surface area contributed by atoms with Crippen molar-refractivity contribution in [1.82, 2.24) is 0 Å². The number of hydrogen-bond donors (Lipinski definition) is 1. The summed E-state index contributed by atoms with van der Waals surface area (Å²) in [6, 6.07) is 3.69. The largest absolute Gasteiger partial charge is 0.462 e. The molecule has 0 spiro atoms. The van der Waals surface area contributed by atoms with Crippen LogP contribution < -0.4 is 10.5 Å². The van der Waals surface area contributed by atoms with E-state index in [1.165, 1.54) is 0 Å². The fourth-order valence-corrected chi connectivity index (χ4v) is 6.82. The number of benzene rings is 1. The van der Waals surface area contributed by atoms with E-state index < -0.39 is 19.2 Å². The highest BCUT2D eigenvalue weighted by molar-refractivity contribution is 14.1. The highest BCUT2D eigenvalue weighted by Gasteiger charge is 2.48. The van der Waals surface area contributed by atoms with E-state index in [9.17, 15) is 9.36 Å². The van der Waals surface area contributed by atoms with Crippen molar-refractivity contribution in [2.24, 2.45) is 5.73 Å². The number of fused-ring (bicyclic) bond motifs is 1. The average molecular weight is 607 g/mol. The molecule has 0 aliphatic carbocycles. The van der Waals surface area contributed by atoms with Crippen molar-refractivity contribution in [3.8, 4) is 5.75 Å². The topological polar surface area (TPSA) is 97.1 Å². The molecule has 1 heterocycles. The van der Waals surface area contributed by atoms with Crippen molar-refractivity contribution in [2.75, 3.05) is 19.8 Å². The van der Waals surface area contributed by atoms with E-state index in [4.69, 9.17) is 24.3 Å². The molecule has 1 aromatic carbocycles. The van der Waals surface area contributed by atoms with Gasteiger partial charge in [-0.15, -0.1) is 0 Å². The SMILES string of the molecule is CCOC(=O)C1=C(N)Oc2c(I)cc(I)cc2C1P(=O)(OCC)OCC. The fraction of sp³-hybridized carbons (Fsp3) is 0.438. The van der Waals surface area contributed by atoms with Gasteiger partial charge in [-0.2, -0.15) is 0 Å². The molecule has 0 amide bonds. The molecule has 1 aromatic rings. The van der Waals surface area contributed by atoms with E-state index in [1.807, 2.05) is 6.07 Å². The second kappa shape index (κ2) is 9.22. The van der Waals surface area contributed by atoms with Gasteiger partial charge in [-0.1, -0.05) is 0 Å². The molecule has 1 aliphatic rings. The fourth-order valence-electron chi connectivity index (χ4n) is 2.64. The Kier molecular flexibility index (Phi) is 7.78. The van der Waals surface area contributed by atoms with Crippen molar-refractivity contribution in [3.63, 3.8) is 0 Å². The van der Waals surface area contributed by atoms with Crippen LogP contribution in [0.4, 0.5) is 0 Å². The average Bonchev–Trinajstić information content (AvgIpc) is 2.55. The minimum absolute atomic E-state index is 0.0395. The molecule has 0 aromatic heterocycles. The molecule has 1 atom stereocenters. The molecule has 144 valence electrons. The Morgan fingerprint density at radius 3 is 2.35 bits per heavy atom. The smallest absolute Gasteiger partial charge is 0.343 e. The summed E-state index contributed by atoms with van der Waals surface area (Å²) in [5.41, 5.74) is 5.50. The van der Waals surface area contributed by atoms with Gasteiger partial charge in [-0.3, -0.25) is 4.57 Å². The van der Waals surface area contributed by atoms with Crippen LogP contribution in [0.5, 0.6) is 5.75 Å². The lowest BCUT2D eigenvalue weighted by atomic mass is 10.0. The summed E-state index contributed by atoms with van der Waals surface area (Å²) in [5, 5.41) is 0. The van der Waals surface area contributed by atoms with Gasteiger partial charge in [0.2, 0.25) is 5.88 Å². The Bertz CT molecular complexity index is 772. The van der Waals surface area contributed by atoms with Gasteiger partial charge in [0, 0.05) is 9.13 Å². The maximum Gasteiger partial charge on any atom is 0.343 e. The number of hydrogen-bond acceptors (Lipinski definition) is 7. The second-order valence-corrected chi connectivity index (χ2v) is 9.70. The van der Waals surface area contributed by atoms with Gasteiger partial charge in [0.05, 0.1) is 23.4 Å². The molecule has 1 aliphatic heterocycles. The van der Waals surface area contributed by atoms with Gasteiger partial charge in [0.1, 0.15) is 17.0 Å². The number of carbonyl (C=O) groups excluding carboxylic acids is 1. The number of halogens is 2. The Hall–Kier alpha value is -0.360. The lowest BCUT2D eigenvalue weighted by molar-refractivity contribution is -0.139. The number of nitrogens with two attached hydrogens (primary N) is 1. The maximum absolute atomic E-state index is 13.6. The third kappa shape index (κ3) is 4.37. The van der Waals surface area contributed by atoms with E-state index in [0.717, 1.165) is 7.14 Å². The summed E-state index contributed by atoms with van der Waals surface area (Å²) < 4.78 is 37.2. The van der Waals surface area contributed by atoms with E-state index >= 15 is 0 Å². The lowest BCUT2D eigenvalue weighted by Crippen LogP contribution is -2.28. The van der Waals surface area contributed by atoms with Crippen LogP contribution in [-0.4, -0.2) is 25.8 Å². The number of esters is 1. The van der Waals surface area contributed by atoms with Crippen LogP contribution in [0.25, 0.3) is 0 Å². The molecule has 2 rings (SSSR count). The van der Waals surface area contributed by atoms with E-state index in [0.29, 0.717) is 11.3 Å². The molecule has 7 nitrogen and oxygen atoms in total. The summed E-state index contributed by atoms with van der Waals surface area (Å²) in [6.07, 6.45) is 0. The van der Waals surface area contributed by atoms with Crippen molar-refractivity contribution in [3.05, 3.63) is 36.3 Å². The zero-order valence-corrected chi connectivity index (χ0v) is 19.8. The molecule has 0 saturated heterocycles. The van der Waals surface area contributed by atoms with Gasteiger partial charge in [-0.25, -0.2) is 4.79 Å². The summed E-state index contributed by atoms with van der Waals surface area (Å²) in [6.45, 7) is 5.55. The minimum atomic E-state index is -3.76. The van der Waals surface area contributed by atoms with E-state index in [1.54, 1.807) is 26.8 Å². The molecule has 26 heavy (non-hydrogen) atoms. The van der Waals surface area contributed by atoms with Crippen LogP contribution in [0.1, 0.15) is 32.0 Å². The molecular formula is C16H20I2NO6P. The Labute approximate surface area is 179 Å². The number of carbonyl (C=O) groups is 1. The van der Waals surface area contributed by atoms with Crippen LogP contribution in [0.2, 0.25) is 0 Å². The quantitative estimate of drug-likeness (QED) is 0.280. The first-order valence-electron chi connectivity index (χ1n) is 8.01. The maximum atomic E-state index is 13.6. The molecule has 1 unspecified atom stereocenters. The predicted octanol–water partition coefficient (Wildman–Crippen LogP) is 4.33. The summed E-state index contributed by atoms with van der Waals surface area (Å²) >= 11 is 4.25. The zero-order chi connectivity index (χ0) is 19.5. The third-order valence-electron chi connectivity index (χ3n) is 3.51. The highest BCUT2D eigenvalue weighted by Crippen LogP contribution is 2.66. The Morgan fingerprint density at radius 2 is 1.81 bits per heavy atom. The monoisotopic (exact) mass is 607 g/mol. The van der Waals surface area contributed by atoms with Crippen molar-refractivity contribution >= 4 is 58.7 Å². The van der Waals surface area contributed by atoms with Crippen molar-refractivity contribution in [1.29, 1.82) is 0 Å². The van der Waals surface area contributed by atoms with Crippen LogP contribution >= 0.6 is 52.8 Å². The summed E-state index contributed by atoms with van der Waals surface area (Å²) in [4.78, 5) is 12.6. The predicted molar refractivity (Wildman–Crippen MR) is 114 cm³/mol. The van der Waals surface area contributed by atoms with Crippen LogP contribution in [-0.2, 0) is 23.1 Å². The van der Waals surface area contributed by atoms with Gasteiger partial charge in [0.15, 0.2) is 0 Å². The lowest BCUT2D eigenvalue weighted by Gasteiger charge is -2.33. The van der Waals surface area contributed by atoms with E-state index in [2.05, 4.69) is 45.2 Å². The second-order valence-electron chi connectivity index (χ2n) is 5.18. The van der Waals surface area contributed by atoms with Gasteiger partial charge in [0.25, 0.3) is 0 Å². The van der Waals surface area contributed by atoms with Crippen LogP contribution in [0.15, 0.2) is 23.6 Å². The Balaban J connectivity index is 2.75. The summed E-state index contributed by atoms with van der Waals surface area (Å²) in [7, 11) is -3.76. The van der Waals surface area contributed by atoms with Crippen molar-refractivity contribution in [2.45, 2.75) is 26.4 Å². The molecule has 10 heteroatoms. The highest BCUT2D eigenvalue weighted by atomic mass is 127. The van der Waals surface area contributed by atoms with Crippen LogP contribution in [0, 0.1) is 7.14 Å². The van der Waals surface area contributed by atoms with Gasteiger partial charge in [-0.05, 0) is 78.1 Å². The first-order valence-corrected chi connectivity index (χ1v) is 11.8. The molecule has 0 bridgehead atoms. The number of ether oxygens (including phenoxy) is 2. The minimum Gasteiger partial charge on any atom is -0.462 e. The molecule has 0 radical (unpaired) electrons. The van der Waals surface area contributed by atoms with Crippen LogP contribution in [0.3, 0.4) is 0 Å². The molecule has 0 fully saturated rings. The van der Waals surface area contributed by atoms with Gasteiger partial charge >= 0.3 is 13.6 Å². The molecule has 0 saturated carbocycles. The normalized spacial score (nSPS) is 16.9. The first kappa shape index (κ1) is 21.9. The number of rotatable bonds is 7. The first-order chi connectivity index (χ1) is 12.3. The van der Waals surface area contributed by atoms with E-state index in [-0.39, 0.29) is 31.3 Å². The third-order valence-corrected chi connectivity index (χ3v) is 7.34. The van der Waals surface area contributed by atoms with Gasteiger partial charge < -0.3 is 24.3 Å².